The average Bonchev–Trinajstić information content (AvgIpc) is 2.86. The van der Waals surface area contributed by atoms with Gasteiger partial charge in [0, 0.05) is 33.2 Å². The minimum Gasteiger partial charge on any atom is -0.463 e. The average molecular weight is 528 g/mol. The lowest BCUT2D eigenvalue weighted by Crippen LogP contribution is -2.49. The van der Waals surface area contributed by atoms with E-state index < -0.39 is 0 Å². The topological polar surface area (TPSA) is 97.0 Å². The molecular weight excluding hydrogens is 470 g/mol. The summed E-state index contributed by atoms with van der Waals surface area (Å²) < 4.78 is 9.93. The van der Waals surface area contributed by atoms with E-state index in [1.165, 1.54) is 43.4 Å². The number of urea groups is 2. The Morgan fingerprint density at radius 3 is 1.84 bits per heavy atom. The fraction of sp³-hybridized carbons (Fsp3) is 0.897. The molecule has 0 radical (unpaired) electrons. The lowest BCUT2D eigenvalue weighted by Gasteiger charge is -2.22. The van der Waals surface area contributed by atoms with Crippen LogP contribution in [0, 0.1) is 5.92 Å². The number of methoxy groups -OCH3 is 1. The Bertz CT molecular complexity index is 572. The van der Waals surface area contributed by atoms with Crippen LogP contribution in [0.5, 0.6) is 0 Å². The van der Waals surface area contributed by atoms with Crippen molar-refractivity contribution in [1.29, 1.82) is 0 Å². The summed E-state index contributed by atoms with van der Waals surface area (Å²) in [4.78, 5) is 38.5. The Morgan fingerprint density at radius 2 is 1.24 bits per heavy atom. The lowest BCUT2D eigenvalue weighted by molar-refractivity contribution is -0.145. The fourth-order valence-corrected chi connectivity index (χ4v) is 4.02. The lowest BCUT2D eigenvalue weighted by atomic mass is 10.0. The molecule has 0 aromatic carbocycles. The number of ether oxygens (including phenoxy) is 2. The molecule has 2 N–H and O–H groups in total. The van der Waals surface area contributed by atoms with Crippen LogP contribution in [0.3, 0.4) is 0 Å². The van der Waals surface area contributed by atoms with Crippen molar-refractivity contribution in [3.05, 3.63) is 0 Å². The zero-order chi connectivity index (χ0) is 27.6. The van der Waals surface area contributed by atoms with Crippen LogP contribution in [0.15, 0.2) is 0 Å². The molecule has 0 heterocycles. The zero-order valence-electron chi connectivity index (χ0n) is 24.4. The molecule has 0 aliphatic carbocycles. The van der Waals surface area contributed by atoms with E-state index in [1.807, 2.05) is 0 Å². The van der Waals surface area contributed by atoms with Crippen LogP contribution in [0.4, 0.5) is 9.59 Å². The van der Waals surface area contributed by atoms with Gasteiger partial charge in [0.2, 0.25) is 0 Å². The van der Waals surface area contributed by atoms with Crippen molar-refractivity contribution in [3.8, 4) is 0 Å². The van der Waals surface area contributed by atoms with Gasteiger partial charge < -0.3 is 20.1 Å². The first-order valence-electron chi connectivity index (χ1n) is 14.9. The molecule has 8 nitrogen and oxygen atoms in total. The van der Waals surface area contributed by atoms with Crippen LogP contribution >= 0.6 is 0 Å². The highest BCUT2D eigenvalue weighted by atomic mass is 16.6. The Hall–Kier alpha value is -1.83. The Morgan fingerprint density at radius 1 is 0.703 bits per heavy atom. The Labute approximate surface area is 227 Å². The molecule has 0 aromatic heterocycles. The van der Waals surface area contributed by atoms with Crippen LogP contribution in [-0.4, -0.2) is 62.9 Å². The normalized spacial score (nSPS) is 10.9. The quantitative estimate of drug-likeness (QED) is 0.106. The van der Waals surface area contributed by atoms with Gasteiger partial charge in [-0.05, 0) is 31.6 Å². The number of carbonyl (C=O) groups is 3. The minimum absolute atomic E-state index is 0.189. The van der Waals surface area contributed by atoms with Gasteiger partial charge in [0.15, 0.2) is 0 Å². The number of imide groups is 1. The standard InChI is InChI=1S/C29H57N3O5/c1-5-6-7-11-16-21-30-28(34)32(29(35)31-22-17-12-10-14-19-26(2)3)23-18-13-8-9-15-20-27(33)37-25-24-36-4/h26H,5-25H2,1-4H3,(H,30,34)(H,31,35). The van der Waals surface area contributed by atoms with E-state index in [9.17, 15) is 14.4 Å². The number of amides is 4. The SMILES string of the molecule is CCCCCCCNC(=O)N(CCCCCCCC(=O)OCCOC)C(=O)NCCCCCCC(C)C. The third kappa shape index (κ3) is 23.0. The molecule has 218 valence electrons. The fourth-order valence-electron chi connectivity index (χ4n) is 4.02. The van der Waals surface area contributed by atoms with E-state index in [2.05, 4.69) is 31.4 Å². The summed E-state index contributed by atoms with van der Waals surface area (Å²) in [6.45, 7) is 8.99. The summed E-state index contributed by atoms with van der Waals surface area (Å²) in [5.74, 6) is 0.548. The molecular formula is C29H57N3O5. The van der Waals surface area contributed by atoms with E-state index in [0.29, 0.717) is 39.3 Å². The third-order valence-corrected chi connectivity index (χ3v) is 6.34. The number of unbranched alkanes of at least 4 members (excludes halogenated alkanes) is 11. The summed E-state index contributed by atoms with van der Waals surface area (Å²) in [6.07, 6.45) is 16.0. The maximum Gasteiger partial charge on any atom is 0.325 e. The molecule has 0 saturated heterocycles. The third-order valence-electron chi connectivity index (χ3n) is 6.34. The highest BCUT2D eigenvalue weighted by Gasteiger charge is 2.20. The first kappa shape index (κ1) is 35.2. The Balaban J connectivity index is 4.31. The van der Waals surface area contributed by atoms with Gasteiger partial charge in [-0.1, -0.05) is 91.4 Å². The van der Waals surface area contributed by atoms with Crippen molar-refractivity contribution in [1.82, 2.24) is 15.5 Å². The molecule has 0 spiro atoms. The molecule has 0 aliphatic rings. The van der Waals surface area contributed by atoms with Gasteiger partial charge in [0.1, 0.15) is 6.61 Å². The smallest absolute Gasteiger partial charge is 0.325 e. The van der Waals surface area contributed by atoms with Crippen molar-refractivity contribution in [2.45, 2.75) is 124 Å². The monoisotopic (exact) mass is 527 g/mol. The zero-order valence-corrected chi connectivity index (χ0v) is 24.4. The number of rotatable bonds is 24. The number of nitrogens with zero attached hydrogens (tertiary/aromatic N) is 1. The number of nitrogens with one attached hydrogen (secondary N) is 2. The molecule has 4 amide bonds. The molecule has 0 fully saturated rings. The molecule has 8 heteroatoms. The molecule has 37 heavy (non-hydrogen) atoms. The predicted molar refractivity (Wildman–Crippen MR) is 151 cm³/mol. The highest BCUT2D eigenvalue weighted by molar-refractivity contribution is 5.93. The van der Waals surface area contributed by atoms with E-state index in [-0.39, 0.29) is 18.0 Å². The predicted octanol–water partition coefficient (Wildman–Crippen LogP) is 6.81. The van der Waals surface area contributed by atoms with Gasteiger partial charge in [-0.25, -0.2) is 14.5 Å². The van der Waals surface area contributed by atoms with Crippen LogP contribution in [0.2, 0.25) is 0 Å². The van der Waals surface area contributed by atoms with E-state index in [4.69, 9.17) is 9.47 Å². The molecule has 0 bridgehead atoms. The first-order valence-corrected chi connectivity index (χ1v) is 14.9. The minimum atomic E-state index is -0.302. The second kappa shape index (κ2) is 25.8. The van der Waals surface area contributed by atoms with Crippen LogP contribution < -0.4 is 10.6 Å². The molecule has 0 saturated carbocycles. The molecule has 0 rings (SSSR count). The summed E-state index contributed by atoms with van der Waals surface area (Å²) in [7, 11) is 1.58. The van der Waals surface area contributed by atoms with Crippen molar-refractivity contribution >= 4 is 18.0 Å². The summed E-state index contributed by atoms with van der Waals surface area (Å²) in [5, 5.41) is 5.87. The van der Waals surface area contributed by atoms with Crippen LogP contribution in [-0.2, 0) is 14.3 Å². The Kier molecular flexibility index (Phi) is 24.5. The van der Waals surface area contributed by atoms with Gasteiger partial charge in [-0.3, -0.25) is 4.79 Å². The molecule has 0 aliphatic heterocycles. The van der Waals surface area contributed by atoms with Crippen molar-refractivity contribution in [2.75, 3.05) is 40.0 Å². The van der Waals surface area contributed by atoms with Gasteiger partial charge >= 0.3 is 18.0 Å². The molecule has 0 aromatic rings. The van der Waals surface area contributed by atoms with Crippen molar-refractivity contribution in [2.24, 2.45) is 5.92 Å². The summed E-state index contributed by atoms with van der Waals surface area (Å²) in [6, 6.07) is -0.604. The number of hydrogen-bond acceptors (Lipinski definition) is 5. The van der Waals surface area contributed by atoms with E-state index in [1.54, 1.807) is 7.11 Å². The van der Waals surface area contributed by atoms with Crippen LogP contribution in [0.25, 0.3) is 0 Å². The van der Waals surface area contributed by atoms with Gasteiger partial charge in [0.05, 0.1) is 6.61 Å². The largest absolute Gasteiger partial charge is 0.463 e. The van der Waals surface area contributed by atoms with Crippen LogP contribution in [0.1, 0.15) is 124 Å². The van der Waals surface area contributed by atoms with Crippen molar-refractivity contribution in [3.63, 3.8) is 0 Å². The molecule has 0 unspecified atom stereocenters. The summed E-state index contributed by atoms with van der Waals surface area (Å²) >= 11 is 0. The molecule has 0 atom stereocenters. The maximum absolute atomic E-state index is 12.8. The highest BCUT2D eigenvalue weighted by Crippen LogP contribution is 2.10. The second-order valence-electron chi connectivity index (χ2n) is 10.4. The van der Waals surface area contributed by atoms with Gasteiger partial charge in [-0.15, -0.1) is 0 Å². The van der Waals surface area contributed by atoms with E-state index >= 15 is 0 Å². The van der Waals surface area contributed by atoms with Gasteiger partial charge in [0.25, 0.3) is 0 Å². The number of esters is 1. The van der Waals surface area contributed by atoms with E-state index in [0.717, 1.165) is 63.7 Å². The van der Waals surface area contributed by atoms with Crippen molar-refractivity contribution < 1.29 is 23.9 Å². The second-order valence-corrected chi connectivity index (χ2v) is 10.4. The first-order chi connectivity index (χ1) is 17.9. The number of hydrogen-bond donors (Lipinski definition) is 2. The van der Waals surface area contributed by atoms with Gasteiger partial charge in [-0.2, -0.15) is 0 Å². The summed E-state index contributed by atoms with van der Waals surface area (Å²) in [5.41, 5.74) is 0. The number of carbonyl (C=O) groups excluding carboxylic acids is 3. The maximum atomic E-state index is 12.8.